The SMILES string of the molecule is CCN(C)/C=N/c1cc(OC)c(C(O)(COC2Cc3ccccc3C2)C(F)(F)F)cc1C. The first-order valence-corrected chi connectivity index (χ1v) is 10.5. The van der Waals surface area contributed by atoms with Gasteiger partial charge in [0.15, 0.2) is 0 Å². The number of benzene rings is 2. The zero-order valence-electron chi connectivity index (χ0n) is 18.7. The molecule has 8 heteroatoms. The molecule has 0 saturated carbocycles. The Bertz CT molecular complexity index is 952. The minimum Gasteiger partial charge on any atom is -0.496 e. The summed E-state index contributed by atoms with van der Waals surface area (Å²) in [6, 6.07) is 10.4. The molecule has 1 aliphatic carbocycles. The van der Waals surface area contributed by atoms with E-state index in [1.54, 1.807) is 13.3 Å². The van der Waals surface area contributed by atoms with Crippen LogP contribution in [0, 0.1) is 6.92 Å². The third-order valence-electron chi connectivity index (χ3n) is 5.87. The molecule has 0 bridgehead atoms. The van der Waals surface area contributed by atoms with Crippen molar-refractivity contribution in [3.05, 3.63) is 58.7 Å². The summed E-state index contributed by atoms with van der Waals surface area (Å²) >= 11 is 0. The van der Waals surface area contributed by atoms with E-state index in [0.717, 1.165) is 17.7 Å². The van der Waals surface area contributed by atoms with Crippen LogP contribution in [0.5, 0.6) is 5.75 Å². The highest BCUT2D eigenvalue weighted by atomic mass is 19.4. The van der Waals surface area contributed by atoms with Crippen LogP contribution in [0.1, 0.15) is 29.2 Å². The van der Waals surface area contributed by atoms with Gasteiger partial charge in [-0.2, -0.15) is 13.2 Å². The summed E-state index contributed by atoms with van der Waals surface area (Å²) in [5.74, 6) is -0.0972. The average Bonchev–Trinajstić information content (AvgIpc) is 3.18. The molecule has 2 aromatic rings. The van der Waals surface area contributed by atoms with Gasteiger partial charge in [0.25, 0.3) is 0 Å². The Kier molecular flexibility index (Phi) is 7.15. The molecule has 0 amide bonds. The summed E-state index contributed by atoms with van der Waals surface area (Å²) in [6.07, 6.45) is -2.77. The molecule has 0 radical (unpaired) electrons. The Hall–Kier alpha value is -2.58. The number of aliphatic imine (C=N–C) groups is 1. The zero-order valence-corrected chi connectivity index (χ0v) is 18.7. The Morgan fingerprint density at radius 1 is 1.19 bits per heavy atom. The van der Waals surface area contributed by atoms with E-state index in [-0.39, 0.29) is 11.3 Å². The largest absolute Gasteiger partial charge is 0.496 e. The molecule has 32 heavy (non-hydrogen) atoms. The van der Waals surface area contributed by atoms with Crippen molar-refractivity contribution in [1.82, 2.24) is 4.90 Å². The number of hydrogen-bond donors (Lipinski definition) is 1. The summed E-state index contributed by atoms with van der Waals surface area (Å²) in [4.78, 5) is 6.16. The van der Waals surface area contributed by atoms with Gasteiger partial charge in [0, 0.05) is 25.2 Å². The number of halogens is 3. The van der Waals surface area contributed by atoms with Gasteiger partial charge in [0.2, 0.25) is 5.60 Å². The fraction of sp³-hybridized carbons (Fsp3) is 0.458. The highest BCUT2D eigenvalue weighted by Gasteiger charge is 2.57. The number of hydrogen-bond acceptors (Lipinski definition) is 4. The second-order valence-corrected chi connectivity index (χ2v) is 8.12. The van der Waals surface area contributed by atoms with Crippen LogP contribution >= 0.6 is 0 Å². The average molecular weight is 451 g/mol. The van der Waals surface area contributed by atoms with Crippen molar-refractivity contribution in [2.75, 3.05) is 27.3 Å². The lowest BCUT2D eigenvalue weighted by Crippen LogP contribution is -2.47. The smallest absolute Gasteiger partial charge is 0.423 e. The van der Waals surface area contributed by atoms with Gasteiger partial charge in [-0.3, -0.25) is 0 Å². The van der Waals surface area contributed by atoms with Crippen molar-refractivity contribution in [3.8, 4) is 5.75 Å². The van der Waals surface area contributed by atoms with E-state index in [2.05, 4.69) is 4.99 Å². The molecule has 1 atom stereocenters. The van der Waals surface area contributed by atoms with Crippen molar-refractivity contribution in [1.29, 1.82) is 0 Å². The Morgan fingerprint density at radius 3 is 2.34 bits per heavy atom. The van der Waals surface area contributed by atoms with Gasteiger partial charge in [-0.1, -0.05) is 24.3 Å². The Balaban J connectivity index is 1.89. The number of alkyl halides is 3. The molecule has 2 aromatic carbocycles. The summed E-state index contributed by atoms with van der Waals surface area (Å²) in [6.45, 7) is 3.40. The third kappa shape index (κ3) is 4.91. The van der Waals surface area contributed by atoms with Crippen LogP contribution in [0.15, 0.2) is 41.4 Å². The number of nitrogens with zero attached hydrogens (tertiary/aromatic N) is 2. The number of ether oxygens (including phenoxy) is 2. The summed E-state index contributed by atoms with van der Waals surface area (Å²) in [5, 5.41) is 10.9. The Morgan fingerprint density at radius 2 is 1.81 bits per heavy atom. The van der Waals surface area contributed by atoms with E-state index in [4.69, 9.17) is 9.47 Å². The molecule has 1 aliphatic rings. The predicted octanol–water partition coefficient (Wildman–Crippen LogP) is 4.55. The van der Waals surface area contributed by atoms with Crippen LogP contribution in [0.4, 0.5) is 18.9 Å². The maximum absolute atomic E-state index is 14.2. The first-order valence-electron chi connectivity index (χ1n) is 10.5. The van der Waals surface area contributed by atoms with Gasteiger partial charge in [0.1, 0.15) is 5.75 Å². The quantitative estimate of drug-likeness (QED) is 0.474. The van der Waals surface area contributed by atoms with E-state index in [9.17, 15) is 18.3 Å². The molecule has 5 nitrogen and oxygen atoms in total. The third-order valence-corrected chi connectivity index (χ3v) is 5.87. The molecular formula is C24H29F3N2O3. The topological polar surface area (TPSA) is 54.3 Å². The van der Waals surface area contributed by atoms with Crippen LogP contribution in [-0.2, 0) is 23.2 Å². The molecule has 174 valence electrons. The van der Waals surface area contributed by atoms with Crippen LogP contribution < -0.4 is 4.74 Å². The molecule has 0 aliphatic heterocycles. The lowest BCUT2D eigenvalue weighted by molar-refractivity contribution is -0.285. The fourth-order valence-electron chi connectivity index (χ4n) is 3.74. The van der Waals surface area contributed by atoms with Crippen LogP contribution in [0.2, 0.25) is 0 Å². The summed E-state index contributed by atoms with van der Waals surface area (Å²) < 4.78 is 53.3. The van der Waals surface area contributed by atoms with E-state index < -0.39 is 24.5 Å². The number of aliphatic hydroxyl groups is 1. The normalized spacial score (nSPS) is 16.2. The highest BCUT2D eigenvalue weighted by molar-refractivity contribution is 5.65. The summed E-state index contributed by atoms with van der Waals surface area (Å²) in [7, 11) is 3.11. The number of methoxy groups -OCH3 is 1. The monoisotopic (exact) mass is 450 g/mol. The first-order chi connectivity index (χ1) is 15.1. The molecule has 0 fully saturated rings. The fourth-order valence-corrected chi connectivity index (χ4v) is 3.74. The van der Waals surface area contributed by atoms with Crippen LogP contribution in [0.25, 0.3) is 0 Å². The summed E-state index contributed by atoms with van der Waals surface area (Å²) in [5.41, 5.74) is -0.551. The van der Waals surface area contributed by atoms with Gasteiger partial charge in [0.05, 0.1) is 31.8 Å². The van der Waals surface area contributed by atoms with Crippen LogP contribution in [0.3, 0.4) is 0 Å². The molecule has 0 heterocycles. The predicted molar refractivity (Wildman–Crippen MR) is 118 cm³/mol. The van der Waals surface area contributed by atoms with Crippen molar-refractivity contribution >= 4 is 12.0 Å². The zero-order chi connectivity index (χ0) is 23.5. The second kappa shape index (κ2) is 9.50. The standard InChI is InChI=1S/C24H29F3N2O3/c1-5-29(3)15-28-21-13-22(31-4)20(10-16(21)2)23(30,24(25,26)27)14-32-19-11-17-8-6-7-9-18(17)12-19/h6-10,13,15,19,30H,5,11-12,14H2,1-4H3/b28-15+. The molecule has 0 saturated heterocycles. The van der Waals surface area contributed by atoms with Crippen LogP contribution in [-0.4, -0.2) is 55.9 Å². The number of aryl methyl sites for hydroxylation is 1. The molecule has 3 rings (SSSR count). The Labute approximate surface area is 186 Å². The molecule has 1 N–H and O–H groups in total. The van der Waals surface area contributed by atoms with Gasteiger partial charge in [-0.15, -0.1) is 0 Å². The molecule has 0 aromatic heterocycles. The molecular weight excluding hydrogens is 421 g/mol. The first kappa shape index (κ1) is 24.1. The van der Waals surface area contributed by atoms with E-state index in [0.29, 0.717) is 24.1 Å². The van der Waals surface area contributed by atoms with E-state index >= 15 is 0 Å². The number of fused-ring (bicyclic) bond motifs is 1. The molecule has 0 spiro atoms. The van der Waals surface area contributed by atoms with E-state index in [1.165, 1.54) is 19.2 Å². The van der Waals surface area contributed by atoms with Gasteiger partial charge in [-0.25, -0.2) is 4.99 Å². The lowest BCUT2D eigenvalue weighted by Gasteiger charge is -2.33. The minimum atomic E-state index is -4.97. The van der Waals surface area contributed by atoms with Crippen molar-refractivity contribution in [2.24, 2.45) is 4.99 Å². The maximum Gasteiger partial charge on any atom is 0.423 e. The van der Waals surface area contributed by atoms with Crippen molar-refractivity contribution in [3.63, 3.8) is 0 Å². The lowest BCUT2D eigenvalue weighted by atomic mass is 9.91. The maximum atomic E-state index is 14.2. The highest BCUT2D eigenvalue weighted by Crippen LogP contribution is 2.45. The van der Waals surface area contributed by atoms with Gasteiger partial charge >= 0.3 is 6.18 Å². The van der Waals surface area contributed by atoms with Gasteiger partial charge < -0.3 is 19.5 Å². The second-order valence-electron chi connectivity index (χ2n) is 8.12. The minimum absolute atomic E-state index is 0.0972. The van der Waals surface area contributed by atoms with Crippen molar-refractivity contribution < 1.29 is 27.8 Å². The molecule has 1 unspecified atom stereocenters. The van der Waals surface area contributed by atoms with Crippen molar-refractivity contribution in [2.45, 2.75) is 44.6 Å². The number of rotatable bonds is 8. The van der Waals surface area contributed by atoms with Gasteiger partial charge in [-0.05, 0) is 49.4 Å². The van der Waals surface area contributed by atoms with E-state index in [1.807, 2.05) is 43.1 Å².